The van der Waals surface area contributed by atoms with Gasteiger partial charge in [-0.15, -0.1) is 0 Å². The van der Waals surface area contributed by atoms with E-state index in [1.165, 1.54) is 6.08 Å². The van der Waals surface area contributed by atoms with Gasteiger partial charge in [-0.3, -0.25) is 14.5 Å². The van der Waals surface area contributed by atoms with Gasteiger partial charge in [0.1, 0.15) is 11.9 Å². The Labute approximate surface area is 135 Å². The lowest BCUT2D eigenvalue weighted by atomic mass is 9.49. The number of allylic oxidation sites excluding steroid dienone is 3. The van der Waals surface area contributed by atoms with E-state index in [1.54, 1.807) is 13.2 Å². The summed E-state index contributed by atoms with van der Waals surface area (Å²) in [6.45, 7) is 0.857. The third-order valence-electron chi connectivity index (χ3n) is 6.16. The molecule has 0 aromatic heterocycles. The number of rotatable bonds is 1. The Balaban J connectivity index is 1.92. The summed E-state index contributed by atoms with van der Waals surface area (Å²) in [6.07, 6.45) is 7.83. The Kier molecular flexibility index (Phi) is 3.15. The van der Waals surface area contributed by atoms with E-state index >= 15 is 0 Å². The molecule has 1 N–H and O–H groups in total. The summed E-state index contributed by atoms with van der Waals surface area (Å²) in [5.74, 6) is -0.523. The fraction of sp³-hybridized carbons (Fsp3) is 0.556. The van der Waals surface area contributed by atoms with E-state index in [1.807, 2.05) is 6.08 Å². The summed E-state index contributed by atoms with van der Waals surface area (Å²) in [6, 6.07) is 0.165. The first-order valence-electron chi connectivity index (χ1n) is 8.10. The van der Waals surface area contributed by atoms with Gasteiger partial charge in [0.25, 0.3) is 0 Å². The van der Waals surface area contributed by atoms with Crippen LogP contribution >= 0.6 is 0 Å². The van der Waals surface area contributed by atoms with Crippen LogP contribution in [-0.2, 0) is 14.3 Å². The zero-order valence-electron chi connectivity index (χ0n) is 13.4. The zero-order valence-corrected chi connectivity index (χ0v) is 13.4. The molecule has 1 saturated heterocycles. The summed E-state index contributed by atoms with van der Waals surface area (Å²) in [7, 11) is 3.64. The van der Waals surface area contributed by atoms with Crippen LogP contribution in [0.25, 0.3) is 0 Å². The molecule has 2 bridgehead atoms. The van der Waals surface area contributed by atoms with Crippen LogP contribution in [0.1, 0.15) is 12.8 Å². The van der Waals surface area contributed by atoms with Crippen molar-refractivity contribution in [2.24, 2.45) is 17.3 Å². The van der Waals surface area contributed by atoms with Gasteiger partial charge >= 0.3 is 0 Å². The van der Waals surface area contributed by atoms with Crippen molar-refractivity contribution in [3.63, 3.8) is 0 Å². The number of ketones is 2. The minimum Gasteiger partial charge on any atom is -0.499 e. The normalized spacial score (nSPS) is 42.6. The van der Waals surface area contributed by atoms with Crippen molar-refractivity contribution in [1.29, 1.82) is 0 Å². The van der Waals surface area contributed by atoms with E-state index in [2.05, 4.69) is 18.0 Å². The van der Waals surface area contributed by atoms with E-state index in [0.29, 0.717) is 12.2 Å². The van der Waals surface area contributed by atoms with Crippen molar-refractivity contribution in [2.45, 2.75) is 25.0 Å². The van der Waals surface area contributed by atoms with Crippen molar-refractivity contribution in [1.82, 2.24) is 4.90 Å². The Morgan fingerprint density at radius 1 is 1.30 bits per heavy atom. The Bertz CT molecular complexity index is 677. The highest BCUT2D eigenvalue weighted by Gasteiger charge is 2.60. The Morgan fingerprint density at radius 2 is 2.09 bits per heavy atom. The van der Waals surface area contributed by atoms with Gasteiger partial charge in [-0.25, -0.2) is 0 Å². The number of ether oxygens (including phenoxy) is 1. The van der Waals surface area contributed by atoms with Crippen molar-refractivity contribution in [2.75, 3.05) is 20.7 Å². The summed E-state index contributed by atoms with van der Waals surface area (Å²) < 4.78 is 5.34. The average molecular weight is 315 g/mol. The number of Topliss-reactive ketones (excluding diaryl/α,β-unsaturated/α-hetero) is 1. The molecule has 0 saturated carbocycles. The number of hydrogen-bond donors (Lipinski definition) is 1. The van der Waals surface area contributed by atoms with Crippen molar-refractivity contribution >= 4 is 11.6 Å². The maximum absolute atomic E-state index is 12.7. The van der Waals surface area contributed by atoms with Gasteiger partial charge in [0.15, 0.2) is 0 Å². The van der Waals surface area contributed by atoms with Gasteiger partial charge in [0, 0.05) is 12.0 Å². The molecule has 3 aliphatic carbocycles. The molecule has 5 unspecified atom stereocenters. The number of aliphatic hydroxyl groups is 1. The molecule has 1 aliphatic heterocycles. The molecule has 0 radical (unpaired) electrons. The van der Waals surface area contributed by atoms with Crippen LogP contribution in [0.3, 0.4) is 0 Å². The van der Waals surface area contributed by atoms with E-state index < -0.39 is 17.8 Å². The highest BCUT2D eigenvalue weighted by Crippen LogP contribution is 2.58. The average Bonchev–Trinajstić information content (AvgIpc) is 2.53. The third kappa shape index (κ3) is 1.86. The molecule has 0 aromatic carbocycles. The van der Waals surface area contributed by atoms with Crippen LogP contribution < -0.4 is 0 Å². The molecule has 4 rings (SSSR count). The molecule has 5 atom stereocenters. The second kappa shape index (κ2) is 4.89. The summed E-state index contributed by atoms with van der Waals surface area (Å²) in [5.41, 5.74) is 0.545. The van der Waals surface area contributed by atoms with E-state index in [4.69, 9.17) is 4.74 Å². The van der Waals surface area contributed by atoms with Gasteiger partial charge in [-0.05, 0) is 49.6 Å². The first-order chi connectivity index (χ1) is 11.0. The molecule has 0 spiro atoms. The summed E-state index contributed by atoms with van der Waals surface area (Å²) in [5, 5.41) is 10.5. The number of fused-ring (bicyclic) bond motifs is 1. The van der Waals surface area contributed by atoms with Crippen LogP contribution in [0.2, 0.25) is 0 Å². The van der Waals surface area contributed by atoms with Crippen molar-refractivity contribution in [3.05, 3.63) is 35.6 Å². The summed E-state index contributed by atoms with van der Waals surface area (Å²) in [4.78, 5) is 26.9. The quantitative estimate of drug-likeness (QED) is 0.727. The zero-order chi connectivity index (χ0) is 16.4. The van der Waals surface area contributed by atoms with Gasteiger partial charge < -0.3 is 9.84 Å². The van der Waals surface area contributed by atoms with Gasteiger partial charge in [0.2, 0.25) is 11.6 Å². The van der Waals surface area contributed by atoms with Crippen molar-refractivity contribution in [3.8, 4) is 0 Å². The fourth-order valence-corrected chi connectivity index (χ4v) is 5.04. The number of carbonyl (C=O) groups is 2. The van der Waals surface area contributed by atoms with Crippen LogP contribution in [0.15, 0.2) is 35.6 Å². The number of methoxy groups -OCH3 is 1. The predicted octanol–water partition coefficient (Wildman–Crippen LogP) is 0.852. The molecular formula is C18H21NO4. The number of likely N-dealkylation sites (N-methyl/N-ethyl adjacent to an activating group) is 1. The monoisotopic (exact) mass is 315 g/mol. The molecule has 23 heavy (non-hydrogen) atoms. The van der Waals surface area contributed by atoms with Gasteiger partial charge in [-0.1, -0.05) is 12.2 Å². The Morgan fingerprint density at radius 3 is 2.83 bits per heavy atom. The molecule has 5 heteroatoms. The predicted molar refractivity (Wildman–Crippen MR) is 83.4 cm³/mol. The molecule has 4 aliphatic rings. The highest BCUT2D eigenvalue weighted by molar-refractivity contribution is 6.44. The second-order valence-corrected chi connectivity index (χ2v) is 7.13. The molecule has 122 valence electrons. The minimum atomic E-state index is -0.714. The van der Waals surface area contributed by atoms with E-state index in [0.717, 1.165) is 18.5 Å². The van der Waals surface area contributed by atoms with Crippen LogP contribution in [0.4, 0.5) is 0 Å². The number of aliphatic hydroxyl groups excluding tert-OH is 1. The number of nitrogens with zero attached hydrogens (tertiary/aromatic N) is 1. The minimum absolute atomic E-state index is 0.0802. The van der Waals surface area contributed by atoms with Crippen molar-refractivity contribution < 1.29 is 19.4 Å². The maximum Gasteiger partial charge on any atom is 0.222 e. The molecule has 1 heterocycles. The van der Waals surface area contributed by atoms with Crippen LogP contribution in [-0.4, -0.2) is 54.4 Å². The molecule has 1 fully saturated rings. The fourth-order valence-electron chi connectivity index (χ4n) is 5.04. The highest BCUT2D eigenvalue weighted by atomic mass is 16.5. The second-order valence-electron chi connectivity index (χ2n) is 7.13. The van der Waals surface area contributed by atoms with Gasteiger partial charge in [0.05, 0.1) is 13.0 Å². The Hall–Kier alpha value is -1.72. The lowest BCUT2D eigenvalue weighted by molar-refractivity contribution is -0.144. The number of likely N-dealkylation sites (tertiary alicyclic amines) is 1. The lowest BCUT2D eigenvalue weighted by Crippen LogP contribution is -2.62. The number of piperidine rings is 1. The van der Waals surface area contributed by atoms with E-state index in [-0.39, 0.29) is 23.2 Å². The standard InChI is InChI=1S/C18H21NO4/c1-19-6-5-18-9-14(21)15(23-2)8-11(18)12(19)7-10-3-4-13(20)17(22)16(10)18/h3-4,7-8,11-12,14,16,21H,5-6,9H2,1-2H3. The van der Waals surface area contributed by atoms with E-state index in [9.17, 15) is 14.7 Å². The molecule has 0 aromatic rings. The first-order valence-corrected chi connectivity index (χ1v) is 8.10. The lowest BCUT2D eigenvalue weighted by Gasteiger charge is -2.59. The molecular weight excluding hydrogens is 294 g/mol. The maximum atomic E-state index is 12.7. The number of carbonyl (C=O) groups excluding carboxylic acids is 2. The largest absolute Gasteiger partial charge is 0.499 e. The topological polar surface area (TPSA) is 66.8 Å². The first kappa shape index (κ1) is 14.8. The third-order valence-corrected chi connectivity index (χ3v) is 6.16. The smallest absolute Gasteiger partial charge is 0.222 e. The summed E-state index contributed by atoms with van der Waals surface area (Å²) >= 11 is 0. The molecule has 5 nitrogen and oxygen atoms in total. The van der Waals surface area contributed by atoms with Gasteiger partial charge in [-0.2, -0.15) is 0 Å². The SMILES string of the molecule is COC1=CC2C3C=C4C=CC(=O)C(=O)C4C2(CCN3C)CC1O. The molecule has 0 amide bonds. The van der Waals surface area contributed by atoms with Crippen LogP contribution in [0, 0.1) is 17.3 Å². The van der Waals surface area contributed by atoms with Crippen LogP contribution in [0.5, 0.6) is 0 Å². The number of hydrogen-bond acceptors (Lipinski definition) is 5.